The molecule has 10 N–H and O–H groups in total. The zero-order valence-corrected chi connectivity index (χ0v) is 22.1. The van der Waals surface area contributed by atoms with Crippen molar-refractivity contribution in [2.45, 2.75) is 126 Å². The lowest BCUT2D eigenvalue weighted by Crippen LogP contribution is -2.54. The summed E-state index contributed by atoms with van der Waals surface area (Å²) in [5.41, 5.74) is 0. The van der Waals surface area contributed by atoms with Gasteiger partial charge in [0.25, 0.3) is 0 Å². The van der Waals surface area contributed by atoms with Crippen LogP contribution < -0.4 is 0 Å². The van der Waals surface area contributed by atoms with Crippen molar-refractivity contribution < 1.29 is 55.9 Å². The van der Waals surface area contributed by atoms with Crippen molar-refractivity contribution in [3.8, 4) is 0 Å². The average Bonchev–Trinajstić information content (AvgIpc) is 2.90. The Labute approximate surface area is 219 Å². The predicted molar refractivity (Wildman–Crippen MR) is 135 cm³/mol. The van der Waals surface area contributed by atoms with Gasteiger partial charge < -0.3 is 56.0 Å². The van der Waals surface area contributed by atoms with Crippen molar-refractivity contribution >= 4 is 5.91 Å². The van der Waals surface area contributed by atoms with Gasteiger partial charge in [-0.1, -0.05) is 64.7 Å². The van der Waals surface area contributed by atoms with E-state index in [9.17, 15) is 45.6 Å². The number of hydrogen-bond acceptors (Lipinski definition) is 11. The molecular formula is C25H51NO11. The van der Waals surface area contributed by atoms with Crippen LogP contribution in [0.15, 0.2) is 0 Å². The maximum atomic E-state index is 12.9. The predicted octanol–water partition coefficient (Wildman–Crippen LogP) is -2.00. The quantitative estimate of drug-likeness (QED) is 0.0637. The van der Waals surface area contributed by atoms with E-state index in [4.69, 9.17) is 10.2 Å². The van der Waals surface area contributed by atoms with Crippen LogP contribution in [-0.4, -0.2) is 137 Å². The van der Waals surface area contributed by atoms with Gasteiger partial charge in [-0.25, -0.2) is 0 Å². The van der Waals surface area contributed by atoms with E-state index in [0.717, 1.165) is 30.6 Å². The molecule has 222 valence electrons. The number of aliphatic hydroxyl groups is 10. The Kier molecular flexibility index (Phi) is 20.4. The van der Waals surface area contributed by atoms with Crippen LogP contribution in [0.1, 0.15) is 77.6 Å². The van der Waals surface area contributed by atoms with Gasteiger partial charge in [0, 0.05) is 19.5 Å². The first-order valence-corrected chi connectivity index (χ1v) is 13.5. The third-order valence-corrected chi connectivity index (χ3v) is 6.56. The normalized spacial score (nSPS) is 18.5. The number of amides is 1. The molecule has 0 heterocycles. The summed E-state index contributed by atoms with van der Waals surface area (Å²) in [5, 5.41) is 97.4. The Hall–Kier alpha value is -0.930. The number of carbonyl (C=O) groups is 1. The summed E-state index contributed by atoms with van der Waals surface area (Å²) in [6.45, 7) is -0.750. The molecule has 0 aromatic heterocycles. The summed E-state index contributed by atoms with van der Waals surface area (Å²) in [6, 6.07) is 0. The van der Waals surface area contributed by atoms with E-state index in [1.807, 2.05) is 0 Å². The maximum absolute atomic E-state index is 12.9. The summed E-state index contributed by atoms with van der Waals surface area (Å²) in [5.74, 6) is -0.522. The molecule has 0 radical (unpaired) electrons. The molecule has 0 spiro atoms. The van der Waals surface area contributed by atoms with E-state index in [-0.39, 0.29) is 6.42 Å². The highest BCUT2D eigenvalue weighted by Gasteiger charge is 2.35. The van der Waals surface area contributed by atoms with E-state index in [1.54, 1.807) is 0 Å². The van der Waals surface area contributed by atoms with Gasteiger partial charge in [-0.3, -0.25) is 4.79 Å². The molecule has 0 aliphatic rings. The van der Waals surface area contributed by atoms with Crippen molar-refractivity contribution in [3.05, 3.63) is 0 Å². The van der Waals surface area contributed by atoms with E-state index in [2.05, 4.69) is 6.92 Å². The third-order valence-electron chi connectivity index (χ3n) is 6.56. The molecule has 12 heteroatoms. The molecule has 0 bridgehead atoms. The van der Waals surface area contributed by atoms with Crippen LogP contribution in [0.4, 0.5) is 0 Å². The lowest BCUT2D eigenvalue weighted by atomic mass is 10.0. The molecule has 0 aliphatic heterocycles. The van der Waals surface area contributed by atoms with Crippen molar-refractivity contribution in [1.29, 1.82) is 0 Å². The van der Waals surface area contributed by atoms with E-state index in [1.165, 1.54) is 32.1 Å². The Morgan fingerprint density at radius 1 is 0.541 bits per heavy atom. The smallest absolute Gasteiger partial charge is 0.222 e. The zero-order chi connectivity index (χ0) is 28.4. The van der Waals surface area contributed by atoms with Crippen LogP contribution in [-0.2, 0) is 4.79 Å². The number of nitrogens with zero attached hydrogens (tertiary/aromatic N) is 1. The Balaban J connectivity index is 4.96. The van der Waals surface area contributed by atoms with Crippen LogP contribution in [0, 0.1) is 0 Å². The van der Waals surface area contributed by atoms with Crippen molar-refractivity contribution in [2.24, 2.45) is 0 Å². The molecule has 0 fully saturated rings. The molecule has 0 aromatic carbocycles. The molecule has 0 saturated heterocycles. The topological polar surface area (TPSA) is 223 Å². The molecule has 12 nitrogen and oxygen atoms in total. The van der Waals surface area contributed by atoms with Crippen molar-refractivity contribution in [1.82, 2.24) is 4.90 Å². The summed E-state index contributed by atoms with van der Waals surface area (Å²) in [6.07, 6.45) is -4.11. The molecular weight excluding hydrogens is 490 g/mol. The number of unbranched alkanes of at least 4 members (excludes halogenated alkanes) is 9. The Bertz CT molecular complexity index is 541. The van der Waals surface area contributed by atoms with Gasteiger partial charge in [0.05, 0.1) is 13.2 Å². The fraction of sp³-hybridized carbons (Fsp3) is 0.960. The first-order chi connectivity index (χ1) is 17.5. The second-order valence-corrected chi connectivity index (χ2v) is 9.83. The second-order valence-electron chi connectivity index (χ2n) is 9.83. The maximum Gasteiger partial charge on any atom is 0.222 e. The molecule has 0 aromatic rings. The molecule has 0 saturated carbocycles. The number of rotatable bonds is 23. The number of carbonyl (C=O) groups excluding carboxylic acids is 1. The minimum atomic E-state index is -1.93. The second kappa shape index (κ2) is 21.0. The van der Waals surface area contributed by atoms with Gasteiger partial charge in [0.2, 0.25) is 5.91 Å². The highest BCUT2D eigenvalue weighted by molar-refractivity contribution is 5.76. The van der Waals surface area contributed by atoms with Gasteiger partial charge >= 0.3 is 0 Å². The van der Waals surface area contributed by atoms with Gasteiger partial charge in [-0.2, -0.15) is 0 Å². The van der Waals surface area contributed by atoms with E-state index < -0.39 is 81.0 Å². The first kappa shape index (κ1) is 36.1. The SMILES string of the molecule is CCCCCCCCCCCCC(=O)N(C[C@@H](O)[C@@H](O)[C@H](O)[C@H](O)CO)C[C@@H](O)[C@@H](O)[C@H](O)[C@H](O)CO. The van der Waals surface area contributed by atoms with Gasteiger partial charge in [0.15, 0.2) is 0 Å². The van der Waals surface area contributed by atoms with E-state index in [0.29, 0.717) is 6.42 Å². The number of hydrogen-bond donors (Lipinski definition) is 10. The standard InChI is InChI=1S/C25H51NO11/c1-2-3-4-5-6-7-8-9-10-11-12-21(33)26(13-17(29)22(34)24(36)19(31)15-27)14-18(30)23(35)25(37)20(32)16-28/h17-20,22-25,27-32,34-37H,2-16H2,1H3/t17-,18-,19-,20-,22-,23-,24-,25-/m1/s1. The van der Waals surface area contributed by atoms with Crippen LogP contribution >= 0.6 is 0 Å². The summed E-state index contributed by atoms with van der Waals surface area (Å²) < 4.78 is 0. The molecule has 0 rings (SSSR count). The van der Waals surface area contributed by atoms with Crippen molar-refractivity contribution in [3.63, 3.8) is 0 Å². The fourth-order valence-corrected chi connectivity index (χ4v) is 3.99. The van der Waals surface area contributed by atoms with Crippen LogP contribution in [0.3, 0.4) is 0 Å². The minimum absolute atomic E-state index is 0.0474. The van der Waals surface area contributed by atoms with Crippen LogP contribution in [0.2, 0.25) is 0 Å². The fourth-order valence-electron chi connectivity index (χ4n) is 3.99. The summed E-state index contributed by atoms with van der Waals surface area (Å²) in [7, 11) is 0. The average molecular weight is 542 g/mol. The number of aliphatic hydroxyl groups excluding tert-OH is 10. The summed E-state index contributed by atoms with van der Waals surface area (Å²) >= 11 is 0. The first-order valence-electron chi connectivity index (χ1n) is 13.5. The monoisotopic (exact) mass is 541 g/mol. The molecule has 0 aliphatic carbocycles. The lowest BCUT2D eigenvalue weighted by molar-refractivity contribution is -0.148. The molecule has 37 heavy (non-hydrogen) atoms. The summed E-state index contributed by atoms with van der Waals surface area (Å²) in [4.78, 5) is 13.8. The highest BCUT2D eigenvalue weighted by atomic mass is 16.4. The minimum Gasteiger partial charge on any atom is -0.394 e. The zero-order valence-electron chi connectivity index (χ0n) is 22.1. The lowest BCUT2D eigenvalue weighted by Gasteiger charge is -2.33. The van der Waals surface area contributed by atoms with Crippen LogP contribution in [0.25, 0.3) is 0 Å². The molecule has 8 atom stereocenters. The molecule has 1 amide bonds. The van der Waals surface area contributed by atoms with Gasteiger partial charge in [0.1, 0.15) is 48.8 Å². The third kappa shape index (κ3) is 14.7. The highest BCUT2D eigenvalue weighted by Crippen LogP contribution is 2.15. The van der Waals surface area contributed by atoms with Gasteiger partial charge in [-0.05, 0) is 6.42 Å². The molecule has 0 unspecified atom stereocenters. The van der Waals surface area contributed by atoms with Crippen molar-refractivity contribution in [2.75, 3.05) is 26.3 Å². The Morgan fingerprint density at radius 3 is 1.22 bits per heavy atom. The largest absolute Gasteiger partial charge is 0.394 e. The van der Waals surface area contributed by atoms with Crippen LogP contribution in [0.5, 0.6) is 0 Å². The van der Waals surface area contributed by atoms with Gasteiger partial charge in [-0.15, -0.1) is 0 Å². The van der Waals surface area contributed by atoms with E-state index >= 15 is 0 Å². The Morgan fingerprint density at radius 2 is 0.865 bits per heavy atom.